The lowest BCUT2D eigenvalue weighted by atomic mass is 10.1. The van der Waals surface area contributed by atoms with Crippen LogP contribution in [-0.4, -0.2) is 28.1 Å². The highest BCUT2D eigenvalue weighted by atomic mass is 32.1. The minimum Gasteiger partial charge on any atom is -0.334 e. The Labute approximate surface area is 121 Å². The van der Waals surface area contributed by atoms with Crippen molar-refractivity contribution >= 4 is 28.1 Å². The number of H-pyrrole nitrogens is 1. The van der Waals surface area contributed by atoms with E-state index < -0.39 is 0 Å². The number of aromatic nitrogens is 2. The summed E-state index contributed by atoms with van der Waals surface area (Å²) >= 11 is 1.67. The fourth-order valence-corrected chi connectivity index (χ4v) is 3.00. The van der Waals surface area contributed by atoms with E-state index in [1.165, 1.54) is 4.88 Å². The summed E-state index contributed by atoms with van der Waals surface area (Å²) in [4.78, 5) is 15.5. The van der Waals surface area contributed by atoms with Crippen LogP contribution < -0.4 is 0 Å². The predicted octanol–water partition coefficient (Wildman–Crippen LogP) is 3.46. The van der Waals surface area contributed by atoms with E-state index in [2.05, 4.69) is 16.3 Å². The molecule has 1 unspecified atom stereocenters. The van der Waals surface area contributed by atoms with Crippen LogP contribution in [0.1, 0.15) is 28.2 Å². The van der Waals surface area contributed by atoms with E-state index in [-0.39, 0.29) is 11.9 Å². The van der Waals surface area contributed by atoms with Crippen molar-refractivity contribution in [3.8, 4) is 0 Å². The molecule has 0 bridgehead atoms. The third kappa shape index (κ3) is 2.20. The maximum Gasteiger partial charge on any atom is 0.254 e. The Bertz CT molecular complexity index is 733. The highest BCUT2D eigenvalue weighted by Gasteiger charge is 2.19. The fraction of sp³-hybridized carbons (Fsp3) is 0.200. The van der Waals surface area contributed by atoms with E-state index in [1.807, 2.05) is 43.6 Å². The van der Waals surface area contributed by atoms with Gasteiger partial charge in [0, 0.05) is 22.9 Å². The van der Waals surface area contributed by atoms with Crippen molar-refractivity contribution in [2.24, 2.45) is 0 Å². The van der Waals surface area contributed by atoms with E-state index in [4.69, 9.17) is 0 Å². The Morgan fingerprint density at radius 1 is 1.40 bits per heavy atom. The number of rotatable bonds is 3. The lowest BCUT2D eigenvalue weighted by molar-refractivity contribution is 0.0745. The van der Waals surface area contributed by atoms with Gasteiger partial charge in [0.25, 0.3) is 5.91 Å². The molecule has 0 saturated heterocycles. The van der Waals surface area contributed by atoms with Crippen molar-refractivity contribution < 1.29 is 4.79 Å². The zero-order valence-electron chi connectivity index (χ0n) is 11.3. The van der Waals surface area contributed by atoms with Crippen LogP contribution in [0.4, 0.5) is 0 Å². The SMILES string of the molecule is CC(c1cccs1)N(C)C(=O)c1ccc2cn[nH]c2c1. The zero-order valence-corrected chi connectivity index (χ0v) is 12.1. The van der Waals surface area contributed by atoms with Gasteiger partial charge in [-0.2, -0.15) is 5.10 Å². The van der Waals surface area contributed by atoms with Gasteiger partial charge in [-0.15, -0.1) is 11.3 Å². The molecule has 1 atom stereocenters. The van der Waals surface area contributed by atoms with Crippen LogP contribution in [-0.2, 0) is 0 Å². The van der Waals surface area contributed by atoms with E-state index >= 15 is 0 Å². The number of nitrogens with zero attached hydrogens (tertiary/aromatic N) is 2. The van der Waals surface area contributed by atoms with Crippen LogP contribution in [0, 0.1) is 0 Å². The first-order chi connectivity index (χ1) is 9.66. The van der Waals surface area contributed by atoms with Gasteiger partial charge in [0.1, 0.15) is 0 Å². The third-order valence-corrected chi connectivity index (χ3v) is 4.59. The van der Waals surface area contributed by atoms with Gasteiger partial charge in [0.15, 0.2) is 0 Å². The summed E-state index contributed by atoms with van der Waals surface area (Å²) in [6.45, 7) is 2.04. The Morgan fingerprint density at radius 3 is 3.00 bits per heavy atom. The molecular weight excluding hydrogens is 270 g/mol. The Kier molecular flexibility index (Phi) is 3.28. The molecule has 20 heavy (non-hydrogen) atoms. The second-order valence-electron chi connectivity index (χ2n) is 4.78. The Hall–Kier alpha value is -2.14. The van der Waals surface area contributed by atoms with Crippen molar-refractivity contribution in [1.29, 1.82) is 0 Å². The second-order valence-corrected chi connectivity index (χ2v) is 5.76. The van der Waals surface area contributed by atoms with Crippen molar-refractivity contribution in [2.45, 2.75) is 13.0 Å². The van der Waals surface area contributed by atoms with E-state index in [9.17, 15) is 4.79 Å². The molecule has 0 aliphatic rings. The summed E-state index contributed by atoms with van der Waals surface area (Å²) in [6, 6.07) is 9.73. The van der Waals surface area contributed by atoms with Gasteiger partial charge in [0.2, 0.25) is 0 Å². The van der Waals surface area contributed by atoms with Crippen LogP contribution in [0.3, 0.4) is 0 Å². The highest BCUT2D eigenvalue weighted by molar-refractivity contribution is 7.10. The summed E-state index contributed by atoms with van der Waals surface area (Å²) < 4.78 is 0. The molecule has 4 nitrogen and oxygen atoms in total. The van der Waals surface area contributed by atoms with Crippen LogP contribution in [0.5, 0.6) is 0 Å². The van der Waals surface area contributed by atoms with Gasteiger partial charge in [-0.25, -0.2) is 0 Å². The number of benzene rings is 1. The quantitative estimate of drug-likeness (QED) is 0.801. The van der Waals surface area contributed by atoms with Crippen molar-refractivity contribution in [3.05, 3.63) is 52.3 Å². The number of nitrogens with one attached hydrogen (secondary N) is 1. The molecule has 1 amide bonds. The summed E-state index contributed by atoms with van der Waals surface area (Å²) in [5, 5.41) is 9.90. The van der Waals surface area contributed by atoms with Gasteiger partial charge in [0.05, 0.1) is 17.8 Å². The van der Waals surface area contributed by atoms with Crippen molar-refractivity contribution in [3.63, 3.8) is 0 Å². The zero-order chi connectivity index (χ0) is 14.1. The normalized spacial score (nSPS) is 12.5. The van der Waals surface area contributed by atoms with Gasteiger partial charge < -0.3 is 4.90 Å². The minimum absolute atomic E-state index is 0.0161. The van der Waals surface area contributed by atoms with Gasteiger partial charge in [-0.05, 0) is 30.5 Å². The first-order valence-electron chi connectivity index (χ1n) is 6.40. The topological polar surface area (TPSA) is 49.0 Å². The molecule has 0 aliphatic carbocycles. The molecule has 0 aliphatic heterocycles. The lowest BCUT2D eigenvalue weighted by Gasteiger charge is -2.24. The van der Waals surface area contributed by atoms with Crippen LogP contribution >= 0.6 is 11.3 Å². The van der Waals surface area contributed by atoms with E-state index in [0.29, 0.717) is 5.56 Å². The number of carbonyl (C=O) groups excluding carboxylic acids is 1. The molecule has 2 heterocycles. The summed E-state index contributed by atoms with van der Waals surface area (Å²) in [5.41, 5.74) is 1.56. The highest BCUT2D eigenvalue weighted by Crippen LogP contribution is 2.25. The summed E-state index contributed by atoms with van der Waals surface area (Å²) in [6.07, 6.45) is 1.75. The average molecular weight is 285 g/mol. The number of fused-ring (bicyclic) bond motifs is 1. The molecule has 2 aromatic heterocycles. The molecule has 0 spiro atoms. The largest absolute Gasteiger partial charge is 0.334 e. The number of aromatic amines is 1. The lowest BCUT2D eigenvalue weighted by Crippen LogP contribution is -2.29. The molecule has 1 N–H and O–H groups in total. The summed E-state index contributed by atoms with van der Waals surface area (Å²) in [7, 11) is 1.84. The van der Waals surface area contributed by atoms with Gasteiger partial charge in [-0.1, -0.05) is 12.1 Å². The molecule has 3 rings (SSSR count). The monoisotopic (exact) mass is 285 g/mol. The minimum atomic E-state index is 0.0161. The standard InChI is InChI=1S/C15H15N3OS/c1-10(14-4-3-7-20-14)18(2)15(19)11-5-6-12-9-16-17-13(12)8-11/h3-10H,1-2H3,(H,16,17). The second kappa shape index (κ2) is 5.09. The molecule has 0 radical (unpaired) electrons. The first kappa shape index (κ1) is 12.9. The Balaban J connectivity index is 1.87. The van der Waals surface area contributed by atoms with Crippen molar-refractivity contribution in [1.82, 2.24) is 15.1 Å². The number of amides is 1. The average Bonchev–Trinajstić information content (AvgIpc) is 3.14. The number of hydrogen-bond donors (Lipinski definition) is 1. The molecule has 1 aromatic carbocycles. The fourth-order valence-electron chi connectivity index (χ4n) is 2.17. The van der Waals surface area contributed by atoms with E-state index in [0.717, 1.165) is 10.9 Å². The number of carbonyl (C=O) groups is 1. The maximum atomic E-state index is 12.5. The van der Waals surface area contributed by atoms with Crippen molar-refractivity contribution in [2.75, 3.05) is 7.05 Å². The van der Waals surface area contributed by atoms with Gasteiger partial charge in [-0.3, -0.25) is 9.89 Å². The molecular formula is C15H15N3OS. The Morgan fingerprint density at radius 2 is 2.25 bits per heavy atom. The predicted molar refractivity (Wildman–Crippen MR) is 80.9 cm³/mol. The third-order valence-electron chi connectivity index (χ3n) is 3.55. The maximum absolute atomic E-state index is 12.5. The molecule has 102 valence electrons. The molecule has 3 aromatic rings. The summed E-state index contributed by atoms with van der Waals surface area (Å²) in [5.74, 6) is 0.0161. The van der Waals surface area contributed by atoms with Gasteiger partial charge >= 0.3 is 0 Å². The van der Waals surface area contributed by atoms with E-state index in [1.54, 1.807) is 22.4 Å². The smallest absolute Gasteiger partial charge is 0.254 e. The van der Waals surface area contributed by atoms with Crippen LogP contribution in [0.2, 0.25) is 0 Å². The molecule has 5 heteroatoms. The number of thiophene rings is 1. The number of hydrogen-bond acceptors (Lipinski definition) is 3. The molecule has 0 fully saturated rings. The first-order valence-corrected chi connectivity index (χ1v) is 7.28. The van der Waals surface area contributed by atoms with Crippen LogP contribution in [0.25, 0.3) is 10.9 Å². The molecule has 0 saturated carbocycles. The van der Waals surface area contributed by atoms with Crippen LogP contribution in [0.15, 0.2) is 41.9 Å².